The lowest BCUT2D eigenvalue weighted by Crippen LogP contribution is -2.39. The van der Waals surface area contributed by atoms with Crippen LogP contribution < -0.4 is 10.0 Å². The highest BCUT2D eigenvalue weighted by Crippen LogP contribution is 2.52. The number of hydrogen-bond donors (Lipinski definition) is 1. The monoisotopic (exact) mass is 533 g/mol. The molecule has 34 heavy (non-hydrogen) atoms. The van der Waals surface area contributed by atoms with Crippen molar-refractivity contribution in [3.8, 4) is 6.07 Å². The molecular formula is C26H20BrN3O3S. The third kappa shape index (κ3) is 3.40. The summed E-state index contributed by atoms with van der Waals surface area (Å²) in [5.74, 6) is -0.852. The largest absolute Gasteiger partial charge is 0.439 e. The molecule has 1 atom stereocenters. The van der Waals surface area contributed by atoms with Gasteiger partial charge in [0.25, 0.3) is 10.0 Å². The molecule has 0 saturated heterocycles. The molecular weight excluding hydrogens is 514 g/mol. The molecule has 0 fully saturated rings. The topological polar surface area (TPSA) is 96.4 Å². The summed E-state index contributed by atoms with van der Waals surface area (Å²) < 4.78 is 36.5. The second-order valence-corrected chi connectivity index (χ2v) is 10.8. The van der Waals surface area contributed by atoms with Crippen molar-refractivity contribution in [2.24, 2.45) is 5.73 Å². The van der Waals surface area contributed by atoms with E-state index in [0.717, 1.165) is 11.1 Å². The Hall–Kier alpha value is -3.54. The molecule has 0 radical (unpaired) electrons. The van der Waals surface area contributed by atoms with Crippen LogP contribution in [0.5, 0.6) is 0 Å². The fourth-order valence-electron chi connectivity index (χ4n) is 4.44. The molecule has 0 bridgehead atoms. The molecule has 0 spiro atoms. The summed E-state index contributed by atoms with van der Waals surface area (Å²) in [6, 6.07) is 24.2. The number of hydrogen-bond acceptors (Lipinski definition) is 5. The first-order valence-corrected chi connectivity index (χ1v) is 12.8. The summed E-state index contributed by atoms with van der Waals surface area (Å²) in [5, 5.41) is 9.96. The molecule has 8 heteroatoms. The first-order chi connectivity index (χ1) is 16.3. The van der Waals surface area contributed by atoms with E-state index in [-0.39, 0.29) is 28.7 Å². The summed E-state index contributed by atoms with van der Waals surface area (Å²) in [6.45, 7) is 2.10. The number of nitrogens with two attached hydrogens (primary N) is 1. The van der Waals surface area contributed by atoms with Gasteiger partial charge in [0.1, 0.15) is 16.5 Å². The second-order valence-electron chi connectivity index (χ2n) is 8.10. The first-order valence-electron chi connectivity index (χ1n) is 10.6. The number of nitriles is 1. The fourth-order valence-corrected chi connectivity index (χ4v) is 6.85. The summed E-state index contributed by atoms with van der Waals surface area (Å²) in [7, 11) is -4.11. The van der Waals surface area contributed by atoms with Crippen LogP contribution in [0.3, 0.4) is 0 Å². The standard InChI is InChI=1S/C26H20BrN3O3S/c1-16-8-2-3-9-17(16)15-30-22-13-7-5-11-19(22)24-25(34(30,31)32)23(20(14-28)26(29)33-24)18-10-4-6-12-21(18)27/h2-13,23H,15,29H2,1H3/t23-/m1/s1. The number of nitrogens with zero attached hydrogens (tertiary/aromatic N) is 2. The van der Waals surface area contributed by atoms with Gasteiger partial charge in [-0.1, -0.05) is 70.5 Å². The van der Waals surface area contributed by atoms with Crippen LogP contribution in [0.25, 0.3) is 5.76 Å². The Morgan fingerprint density at radius 3 is 2.47 bits per heavy atom. The number of para-hydroxylation sites is 1. The van der Waals surface area contributed by atoms with Gasteiger partial charge in [0.2, 0.25) is 5.88 Å². The fraction of sp³-hybridized carbons (Fsp3) is 0.115. The first kappa shape index (κ1) is 22.3. The smallest absolute Gasteiger partial charge is 0.265 e. The van der Waals surface area contributed by atoms with E-state index in [1.54, 1.807) is 24.3 Å². The third-order valence-electron chi connectivity index (χ3n) is 6.15. The van der Waals surface area contributed by atoms with Crippen LogP contribution in [-0.2, 0) is 21.3 Å². The summed E-state index contributed by atoms with van der Waals surface area (Å²) in [5.41, 5.74) is 9.84. The Morgan fingerprint density at radius 1 is 1.06 bits per heavy atom. The van der Waals surface area contributed by atoms with Gasteiger partial charge < -0.3 is 10.5 Å². The Labute approximate surface area is 206 Å². The summed E-state index contributed by atoms with van der Waals surface area (Å²) in [4.78, 5) is 0.0115. The zero-order valence-electron chi connectivity index (χ0n) is 18.2. The molecule has 0 amide bonds. The molecule has 170 valence electrons. The van der Waals surface area contributed by atoms with E-state index >= 15 is 0 Å². The van der Waals surface area contributed by atoms with Gasteiger partial charge >= 0.3 is 0 Å². The maximum atomic E-state index is 14.3. The van der Waals surface area contributed by atoms with Crippen LogP contribution in [0.4, 0.5) is 5.69 Å². The molecule has 0 saturated carbocycles. The van der Waals surface area contributed by atoms with Crippen LogP contribution >= 0.6 is 15.9 Å². The average molecular weight is 534 g/mol. The van der Waals surface area contributed by atoms with Gasteiger partial charge in [0, 0.05) is 10.0 Å². The van der Waals surface area contributed by atoms with Crippen molar-refractivity contribution in [3.63, 3.8) is 0 Å². The van der Waals surface area contributed by atoms with Crippen LogP contribution in [0.1, 0.15) is 28.2 Å². The van der Waals surface area contributed by atoms with Crippen LogP contribution in [0, 0.1) is 18.3 Å². The molecule has 3 aromatic carbocycles. The normalized spacial score (nSPS) is 18.6. The third-order valence-corrected chi connectivity index (χ3v) is 8.75. The van der Waals surface area contributed by atoms with Crippen molar-refractivity contribution in [2.45, 2.75) is 19.4 Å². The zero-order valence-corrected chi connectivity index (χ0v) is 20.6. The van der Waals surface area contributed by atoms with E-state index in [4.69, 9.17) is 10.5 Å². The van der Waals surface area contributed by atoms with Crippen molar-refractivity contribution in [2.75, 3.05) is 4.31 Å². The average Bonchev–Trinajstić information content (AvgIpc) is 2.82. The van der Waals surface area contributed by atoms with Crippen molar-refractivity contribution in [3.05, 3.63) is 116 Å². The van der Waals surface area contributed by atoms with E-state index < -0.39 is 15.9 Å². The van der Waals surface area contributed by atoms with Crippen LogP contribution in [0.15, 0.2) is 93.6 Å². The van der Waals surface area contributed by atoms with Gasteiger partial charge in [-0.25, -0.2) is 8.42 Å². The van der Waals surface area contributed by atoms with Crippen molar-refractivity contribution >= 4 is 37.4 Å². The summed E-state index contributed by atoms with van der Waals surface area (Å²) in [6.07, 6.45) is 0. The van der Waals surface area contributed by atoms with Crippen molar-refractivity contribution in [1.82, 2.24) is 0 Å². The zero-order chi connectivity index (χ0) is 24.0. The van der Waals surface area contributed by atoms with Gasteiger partial charge in [0.05, 0.1) is 18.2 Å². The molecule has 2 N–H and O–H groups in total. The molecule has 0 unspecified atom stereocenters. The van der Waals surface area contributed by atoms with E-state index in [1.807, 2.05) is 55.5 Å². The van der Waals surface area contributed by atoms with Crippen molar-refractivity contribution in [1.29, 1.82) is 5.26 Å². The molecule has 5 rings (SSSR count). The van der Waals surface area contributed by atoms with Gasteiger partial charge in [-0.15, -0.1) is 0 Å². The van der Waals surface area contributed by atoms with Crippen LogP contribution in [0.2, 0.25) is 0 Å². The lowest BCUT2D eigenvalue weighted by molar-refractivity contribution is 0.357. The lowest BCUT2D eigenvalue weighted by Gasteiger charge is -2.38. The number of aryl methyl sites for hydroxylation is 1. The van der Waals surface area contributed by atoms with E-state index in [0.29, 0.717) is 21.3 Å². The number of ether oxygens (including phenoxy) is 1. The lowest BCUT2D eigenvalue weighted by atomic mass is 9.88. The Balaban J connectivity index is 1.79. The number of sulfonamides is 1. The molecule has 0 aliphatic carbocycles. The minimum Gasteiger partial charge on any atom is -0.439 e. The number of anilines is 1. The van der Waals surface area contributed by atoms with E-state index in [2.05, 4.69) is 22.0 Å². The minimum absolute atomic E-state index is 0.0115. The molecule has 3 aromatic rings. The predicted molar refractivity (Wildman–Crippen MR) is 134 cm³/mol. The number of allylic oxidation sites excluding steroid dienone is 2. The highest BCUT2D eigenvalue weighted by atomic mass is 79.9. The van der Waals surface area contributed by atoms with Gasteiger partial charge in [0.15, 0.2) is 5.76 Å². The Bertz CT molecular complexity index is 1540. The quantitative estimate of drug-likeness (QED) is 0.493. The molecule has 2 aliphatic rings. The van der Waals surface area contributed by atoms with E-state index in [9.17, 15) is 13.7 Å². The van der Waals surface area contributed by atoms with Crippen LogP contribution in [-0.4, -0.2) is 8.42 Å². The maximum Gasteiger partial charge on any atom is 0.265 e. The SMILES string of the molecule is Cc1ccccc1CN1c2ccccc2C2=C([C@H](c3ccccc3Br)C(C#N)=C(N)O2)S1(=O)=O. The highest BCUT2D eigenvalue weighted by Gasteiger charge is 2.47. The predicted octanol–water partition coefficient (Wildman–Crippen LogP) is 5.28. The van der Waals surface area contributed by atoms with Gasteiger partial charge in [-0.3, -0.25) is 4.31 Å². The number of halogens is 1. The number of rotatable bonds is 3. The second kappa shape index (κ2) is 8.35. The molecule has 0 aromatic heterocycles. The van der Waals surface area contributed by atoms with Gasteiger partial charge in [-0.2, -0.15) is 5.26 Å². The number of benzene rings is 3. The summed E-state index contributed by atoms with van der Waals surface area (Å²) >= 11 is 3.53. The minimum atomic E-state index is -4.11. The molecule has 2 heterocycles. The van der Waals surface area contributed by atoms with Crippen molar-refractivity contribution < 1.29 is 13.2 Å². The molecule has 6 nitrogen and oxygen atoms in total. The van der Waals surface area contributed by atoms with E-state index in [1.165, 1.54) is 4.31 Å². The number of fused-ring (bicyclic) bond motifs is 2. The highest BCUT2D eigenvalue weighted by molar-refractivity contribution is 9.10. The Kier molecular flexibility index (Phi) is 5.47. The molecule has 2 aliphatic heterocycles. The van der Waals surface area contributed by atoms with Gasteiger partial charge in [-0.05, 0) is 41.8 Å². The Morgan fingerprint density at radius 2 is 1.74 bits per heavy atom. The maximum absolute atomic E-state index is 14.3.